The van der Waals surface area contributed by atoms with E-state index in [-0.39, 0.29) is 28.5 Å². The number of nitrogens with one attached hydrogen (secondary N) is 1. The van der Waals surface area contributed by atoms with Gasteiger partial charge in [-0.15, -0.1) is 11.8 Å². The van der Waals surface area contributed by atoms with Gasteiger partial charge in [-0.2, -0.15) is 0 Å². The summed E-state index contributed by atoms with van der Waals surface area (Å²) in [5.74, 6) is -1.46. The van der Waals surface area contributed by atoms with E-state index in [9.17, 15) is 19.5 Å². The molecule has 1 saturated heterocycles. The smallest absolute Gasteiger partial charge is 0.359 e. The molecule has 2 amide bonds. The number of rotatable bonds is 2. The van der Waals surface area contributed by atoms with E-state index in [1.54, 1.807) is 20.8 Å². The van der Waals surface area contributed by atoms with Gasteiger partial charge >= 0.3 is 5.97 Å². The van der Waals surface area contributed by atoms with Crippen LogP contribution in [-0.4, -0.2) is 50.6 Å². The second kappa shape index (κ2) is 5.25. The average molecular weight is 314 g/mol. The van der Waals surface area contributed by atoms with Gasteiger partial charge in [0, 0.05) is 6.92 Å². The van der Waals surface area contributed by atoms with Crippen LogP contribution in [0.25, 0.3) is 0 Å². The number of aliphatic hydroxyl groups excluding tert-OH is 1. The predicted octanol–water partition coefficient (Wildman–Crippen LogP) is 0.517. The molecule has 1 fully saturated rings. The lowest BCUT2D eigenvalue weighted by Crippen LogP contribution is -2.70. The van der Waals surface area contributed by atoms with Gasteiger partial charge in [0.25, 0.3) is 5.91 Å². The van der Waals surface area contributed by atoms with E-state index >= 15 is 0 Å². The van der Waals surface area contributed by atoms with Crippen molar-refractivity contribution in [2.24, 2.45) is 0 Å². The number of nitrogens with zero attached hydrogens (tertiary/aromatic N) is 1. The summed E-state index contributed by atoms with van der Waals surface area (Å²) < 4.78 is 5.22. The summed E-state index contributed by atoms with van der Waals surface area (Å²) in [5, 5.41) is 12.1. The largest absolute Gasteiger partial charge is 0.509 e. The molecule has 2 aliphatic heterocycles. The van der Waals surface area contributed by atoms with Crippen molar-refractivity contribution in [3.63, 3.8) is 0 Å². The Hall–Kier alpha value is -1.70. The fourth-order valence-electron chi connectivity index (χ4n) is 2.14. The maximum atomic E-state index is 12.2. The highest BCUT2D eigenvalue weighted by Gasteiger charge is 2.54. The first-order valence-electron chi connectivity index (χ1n) is 6.49. The van der Waals surface area contributed by atoms with Gasteiger partial charge in [-0.05, 0) is 20.8 Å². The molecule has 116 valence electrons. The molecular formula is C13H18N2O5S. The molecule has 2 heterocycles. The van der Waals surface area contributed by atoms with Crippen LogP contribution in [0.5, 0.6) is 0 Å². The van der Waals surface area contributed by atoms with Crippen LogP contribution < -0.4 is 5.32 Å². The van der Waals surface area contributed by atoms with Gasteiger partial charge < -0.3 is 15.2 Å². The lowest BCUT2D eigenvalue weighted by atomic mass is 10.0. The number of hydrogen-bond donors (Lipinski definition) is 2. The standard InChI is InChI=1S/C13H18N2O5S/c1-6(16)14-8-10(18)15-9(7(17)5-21-11(8)15)12(19)20-13(2,3)4/h8,11,17H,5H2,1-4H3,(H,14,16)/t8?,11-/m1/s1. The summed E-state index contributed by atoms with van der Waals surface area (Å²) >= 11 is 1.29. The minimum absolute atomic E-state index is 0.125. The Morgan fingerprint density at radius 2 is 2.05 bits per heavy atom. The minimum atomic E-state index is -0.736. The molecule has 0 radical (unpaired) electrons. The van der Waals surface area contributed by atoms with E-state index in [0.717, 1.165) is 0 Å². The second-order valence-corrected chi connectivity index (χ2v) is 6.99. The van der Waals surface area contributed by atoms with Crippen LogP contribution in [0.15, 0.2) is 11.5 Å². The maximum absolute atomic E-state index is 12.2. The third-order valence-corrected chi connectivity index (χ3v) is 4.16. The molecule has 2 aliphatic rings. The van der Waals surface area contributed by atoms with Crippen molar-refractivity contribution < 1.29 is 24.2 Å². The lowest BCUT2D eigenvalue weighted by Gasteiger charge is -2.48. The highest BCUT2D eigenvalue weighted by atomic mass is 32.2. The minimum Gasteiger partial charge on any atom is -0.509 e. The quantitative estimate of drug-likeness (QED) is 0.570. The summed E-state index contributed by atoms with van der Waals surface area (Å²) in [4.78, 5) is 36.5. The Labute approximate surface area is 126 Å². The van der Waals surface area contributed by atoms with Gasteiger partial charge in [-0.3, -0.25) is 14.5 Å². The Morgan fingerprint density at radius 1 is 1.43 bits per heavy atom. The van der Waals surface area contributed by atoms with E-state index in [2.05, 4.69) is 5.32 Å². The van der Waals surface area contributed by atoms with E-state index in [0.29, 0.717) is 0 Å². The lowest BCUT2D eigenvalue weighted by molar-refractivity contribution is -0.159. The first-order chi connectivity index (χ1) is 9.61. The molecule has 2 rings (SSSR count). The molecule has 0 saturated carbocycles. The molecule has 7 nitrogen and oxygen atoms in total. The molecule has 1 unspecified atom stereocenters. The fourth-order valence-corrected chi connectivity index (χ4v) is 3.34. The first kappa shape index (κ1) is 15.7. The third kappa shape index (κ3) is 2.99. The van der Waals surface area contributed by atoms with Crippen LogP contribution in [0, 0.1) is 0 Å². The van der Waals surface area contributed by atoms with E-state index in [1.165, 1.54) is 23.6 Å². The maximum Gasteiger partial charge on any atom is 0.359 e. The van der Waals surface area contributed by atoms with Gasteiger partial charge in [-0.25, -0.2) is 4.79 Å². The van der Waals surface area contributed by atoms with Crippen molar-refractivity contribution in [3.05, 3.63) is 11.5 Å². The number of thioether (sulfide) groups is 1. The van der Waals surface area contributed by atoms with Gasteiger partial charge in [0.15, 0.2) is 5.70 Å². The van der Waals surface area contributed by atoms with Crippen molar-refractivity contribution in [2.45, 2.75) is 44.7 Å². The molecule has 0 bridgehead atoms. The van der Waals surface area contributed by atoms with Gasteiger partial charge in [-0.1, -0.05) is 0 Å². The van der Waals surface area contributed by atoms with Crippen LogP contribution in [0.1, 0.15) is 27.7 Å². The van der Waals surface area contributed by atoms with Crippen molar-refractivity contribution in [1.29, 1.82) is 0 Å². The number of amides is 2. The van der Waals surface area contributed by atoms with Crippen LogP contribution in [0.4, 0.5) is 0 Å². The van der Waals surface area contributed by atoms with Gasteiger partial charge in [0.05, 0.1) is 5.75 Å². The summed E-state index contributed by atoms with van der Waals surface area (Å²) in [6, 6.07) is -0.668. The number of esters is 1. The number of ether oxygens (including phenoxy) is 1. The van der Waals surface area contributed by atoms with Crippen molar-refractivity contribution in [1.82, 2.24) is 10.2 Å². The summed E-state index contributed by atoms with van der Waals surface area (Å²) in [5.41, 5.74) is -0.852. The Balaban J connectivity index is 2.21. The summed E-state index contributed by atoms with van der Waals surface area (Å²) in [6.45, 7) is 6.44. The SMILES string of the molecule is CC(=O)NC1C(=O)N2C(C(=O)OC(C)(C)C)=C(O)CS[C@H]12. The predicted molar refractivity (Wildman–Crippen MR) is 76.2 cm³/mol. The number of carbonyl (C=O) groups excluding carboxylic acids is 3. The molecule has 21 heavy (non-hydrogen) atoms. The molecule has 0 spiro atoms. The molecule has 0 aliphatic carbocycles. The highest BCUT2D eigenvalue weighted by molar-refractivity contribution is 8.00. The molecule has 0 aromatic heterocycles. The van der Waals surface area contributed by atoms with Crippen LogP contribution in [0.3, 0.4) is 0 Å². The van der Waals surface area contributed by atoms with E-state index in [4.69, 9.17) is 4.74 Å². The first-order valence-corrected chi connectivity index (χ1v) is 7.54. The zero-order valence-electron chi connectivity index (χ0n) is 12.3. The van der Waals surface area contributed by atoms with E-state index < -0.39 is 23.5 Å². The molecule has 0 aromatic rings. The Morgan fingerprint density at radius 3 is 2.57 bits per heavy atom. The molecular weight excluding hydrogens is 296 g/mol. The number of hydrogen-bond acceptors (Lipinski definition) is 6. The van der Waals surface area contributed by atoms with Crippen LogP contribution >= 0.6 is 11.8 Å². The summed E-state index contributed by atoms with van der Waals surface area (Å²) in [6.07, 6.45) is 0. The Kier molecular flexibility index (Phi) is 3.92. The normalized spacial score (nSPS) is 25.1. The highest BCUT2D eigenvalue weighted by Crippen LogP contribution is 2.40. The zero-order valence-corrected chi connectivity index (χ0v) is 13.1. The zero-order chi connectivity index (χ0) is 15.9. The molecule has 0 aromatic carbocycles. The fraction of sp³-hybridized carbons (Fsp3) is 0.615. The van der Waals surface area contributed by atoms with E-state index in [1.807, 2.05) is 0 Å². The monoisotopic (exact) mass is 314 g/mol. The van der Waals surface area contributed by atoms with Gasteiger partial charge in [0.2, 0.25) is 5.91 Å². The molecule has 2 N–H and O–H groups in total. The molecule has 8 heteroatoms. The number of carbonyl (C=O) groups is 3. The van der Waals surface area contributed by atoms with Crippen LogP contribution in [0.2, 0.25) is 0 Å². The van der Waals surface area contributed by atoms with Crippen molar-refractivity contribution in [2.75, 3.05) is 5.75 Å². The number of fused-ring (bicyclic) bond motifs is 1. The average Bonchev–Trinajstić information content (AvgIpc) is 2.33. The Bertz CT molecular complexity index is 537. The molecule has 2 atom stereocenters. The number of β-lactam (4-membered cyclic amide) rings is 1. The third-order valence-electron chi connectivity index (χ3n) is 2.90. The van der Waals surface area contributed by atoms with Crippen LogP contribution in [-0.2, 0) is 19.1 Å². The number of aliphatic hydroxyl groups is 1. The topological polar surface area (TPSA) is 95.9 Å². The van der Waals surface area contributed by atoms with Gasteiger partial charge in [0.1, 0.15) is 22.8 Å². The van der Waals surface area contributed by atoms with Crippen molar-refractivity contribution >= 4 is 29.5 Å². The summed E-state index contributed by atoms with van der Waals surface area (Å²) in [7, 11) is 0. The second-order valence-electron chi connectivity index (χ2n) is 5.89. The van der Waals surface area contributed by atoms with Crippen molar-refractivity contribution in [3.8, 4) is 0 Å².